The third-order valence-corrected chi connectivity index (χ3v) is 4.04. The minimum Gasteiger partial charge on any atom is -0.383 e. The van der Waals surface area contributed by atoms with Gasteiger partial charge in [-0.1, -0.05) is 18.2 Å². The van der Waals surface area contributed by atoms with Gasteiger partial charge in [0.2, 0.25) is 5.91 Å². The number of rotatable bonds is 7. The molecule has 0 aliphatic carbocycles. The Hall–Kier alpha value is -1.55. The van der Waals surface area contributed by atoms with Crippen molar-refractivity contribution in [3.05, 3.63) is 30.3 Å². The van der Waals surface area contributed by atoms with Crippen LogP contribution in [0, 0.1) is 0 Å². The highest BCUT2D eigenvalue weighted by atomic mass is 127. The zero-order valence-corrected chi connectivity index (χ0v) is 17.9. The van der Waals surface area contributed by atoms with E-state index in [1.165, 1.54) is 5.69 Å². The molecule has 1 aromatic carbocycles. The highest BCUT2D eigenvalue weighted by Gasteiger charge is 2.19. The van der Waals surface area contributed by atoms with E-state index in [9.17, 15) is 4.79 Å². The van der Waals surface area contributed by atoms with Crippen molar-refractivity contribution in [1.29, 1.82) is 0 Å². The SMILES string of the molecule is CCNC(=NCC(=O)NCCOC)N1CCN(c2ccccc2)CC1.I. The van der Waals surface area contributed by atoms with Crippen LogP contribution in [0.1, 0.15) is 6.92 Å². The summed E-state index contributed by atoms with van der Waals surface area (Å²) in [5, 5.41) is 6.07. The smallest absolute Gasteiger partial charge is 0.241 e. The Balaban J connectivity index is 0.00000338. The van der Waals surface area contributed by atoms with Gasteiger partial charge < -0.3 is 25.2 Å². The standard InChI is InChI=1S/C18H29N5O2.HI/c1-3-19-18(21-15-17(24)20-9-14-25-2)23-12-10-22(11-13-23)16-7-5-4-6-8-16;/h4-8H,3,9-15H2,1-2H3,(H,19,21)(H,20,24);1H. The van der Waals surface area contributed by atoms with Gasteiger partial charge in [0.05, 0.1) is 6.61 Å². The molecule has 1 aliphatic heterocycles. The summed E-state index contributed by atoms with van der Waals surface area (Å²) in [4.78, 5) is 20.9. The molecule has 0 aromatic heterocycles. The van der Waals surface area contributed by atoms with E-state index in [0.29, 0.717) is 13.2 Å². The van der Waals surface area contributed by atoms with E-state index >= 15 is 0 Å². The van der Waals surface area contributed by atoms with Crippen LogP contribution >= 0.6 is 24.0 Å². The maximum absolute atomic E-state index is 11.8. The number of hydrogen-bond acceptors (Lipinski definition) is 4. The lowest BCUT2D eigenvalue weighted by Gasteiger charge is -2.37. The number of piperazine rings is 1. The summed E-state index contributed by atoms with van der Waals surface area (Å²) in [6, 6.07) is 10.4. The average Bonchev–Trinajstić information content (AvgIpc) is 2.66. The van der Waals surface area contributed by atoms with Gasteiger partial charge in [0.25, 0.3) is 0 Å². The Morgan fingerprint density at radius 3 is 2.46 bits per heavy atom. The van der Waals surface area contributed by atoms with Crippen molar-refractivity contribution in [2.45, 2.75) is 6.92 Å². The molecule has 7 nitrogen and oxygen atoms in total. The molecule has 26 heavy (non-hydrogen) atoms. The number of carbonyl (C=O) groups is 1. The van der Waals surface area contributed by atoms with Crippen LogP contribution in [0.25, 0.3) is 0 Å². The average molecular weight is 475 g/mol. The van der Waals surface area contributed by atoms with Crippen LogP contribution in [-0.4, -0.2) is 76.3 Å². The molecule has 2 N–H and O–H groups in total. The van der Waals surface area contributed by atoms with Crippen LogP contribution in [0.5, 0.6) is 0 Å². The third kappa shape index (κ3) is 7.36. The molecule has 0 unspecified atom stereocenters. The first-order valence-corrected chi connectivity index (χ1v) is 8.83. The molecule has 0 spiro atoms. The van der Waals surface area contributed by atoms with Gasteiger partial charge in [-0.25, -0.2) is 4.99 Å². The van der Waals surface area contributed by atoms with Gasteiger partial charge in [-0.2, -0.15) is 0 Å². The summed E-state index contributed by atoms with van der Waals surface area (Å²) >= 11 is 0. The zero-order chi connectivity index (χ0) is 17.9. The van der Waals surface area contributed by atoms with E-state index in [-0.39, 0.29) is 36.4 Å². The fraction of sp³-hybridized carbons (Fsp3) is 0.556. The van der Waals surface area contributed by atoms with Gasteiger partial charge >= 0.3 is 0 Å². The van der Waals surface area contributed by atoms with Crippen LogP contribution in [0.15, 0.2) is 35.3 Å². The Bertz CT molecular complexity index is 548. The second kappa shape index (κ2) is 12.7. The molecule has 1 aliphatic rings. The second-order valence-electron chi connectivity index (χ2n) is 5.82. The molecule has 2 rings (SSSR count). The number of carbonyl (C=O) groups excluding carboxylic acids is 1. The largest absolute Gasteiger partial charge is 0.383 e. The van der Waals surface area contributed by atoms with Gasteiger partial charge in [-0.3, -0.25) is 4.79 Å². The van der Waals surface area contributed by atoms with Crippen LogP contribution < -0.4 is 15.5 Å². The van der Waals surface area contributed by atoms with E-state index in [1.54, 1.807) is 7.11 Å². The summed E-state index contributed by atoms with van der Waals surface area (Å²) in [5.74, 6) is 0.715. The third-order valence-electron chi connectivity index (χ3n) is 4.04. The van der Waals surface area contributed by atoms with Crippen molar-refractivity contribution in [3.8, 4) is 0 Å². The number of para-hydroxylation sites is 1. The summed E-state index contributed by atoms with van der Waals surface area (Å²) in [6.07, 6.45) is 0. The number of anilines is 1. The fourth-order valence-electron chi connectivity index (χ4n) is 2.74. The predicted molar refractivity (Wildman–Crippen MR) is 117 cm³/mol. The molecule has 8 heteroatoms. The molecular weight excluding hydrogens is 445 g/mol. The molecular formula is C18H30IN5O2. The van der Waals surface area contributed by atoms with Gasteiger partial charge in [0.1, 0.15) is 6.54 Å². The number of guanidine groups is 1. The van der Waals surface area contributed by atoms with Gasteiger partial charge in [0.15, 0.2) is 5.96 Å². The van der Waals surface area contributed by atoms with E-state index in [4.69, 9.17) is 4.74 Å². The number of amides is 1. The molecule has 1 aromatic rings. The molecule has 1 heterocycles. The topological polar surface area (TPSA) is 69.2 Å². The maximum Gasteiger partial charge on any atom is 0.241 e. The maximum atomic E-state index is 11.8. The molecule has 0 saturated carbocycles. The van der Waals surface area contributed by atoms with Gasteiger partial charge in [-0.05, 0) is 19.1 Å². The van der Waals surface area contributed by atoms with E-state index in [0.717, 1.165) is 38.7 Å². The normalized spacial score (nSPS) is 14.6. The van der Waals surface area contributed by atoms with E-state index in [2.05, 4.69) is 49.7 Å². The lowest BCUT2D eigenvalue weighted by atomic mass is 10.2. The number of aliphatic imine (C=N–C) groups is 1. The van der Waals surface area contributed by atoms with Crippen molar-refractivity contribution < 1.29 is 9.53 Å². The Kier molecular flexibility index (Phi) is 11.0. The van der Waals surface area contributed by atoms with Gasteiger partial charge in [-0.15, -0.1) is 24.0 Å². The van der Waals surface area contributed by atoms with Crippen molar-refractivity contribution in [1.82, 2.24) is 15.5 Å². The summed E-state index contributed by atoms with van der Waals surface area (Å²) in [6.45, 7) is 7.61. The van der Waals surface area contributed by atoms with Crippen LogP contribution in [0.3, 0.4) is 0 Å². The lowest BCUT2D eigenvalue weighted by Crippen LogP contribution is -2.52. The minimum absolute atomic E-state index is 0. The highest BCUT2D eigenvalue weighted by molar-refractivity contribution is 14.0. The summed E-state index contributed by atoms with van der Waals surface area (Å²) in [7, 11) is 1.61. The van der Waals surface area contributed by atoms with Crippen molar-refractivity contribution >= 4 is 41.5 Å². The molecule has 146 valence electrons. The molecule has 1 fully saturated rings. The predicted octanol–water partition coefficient (Wildman–Crippen LogP) is 1.15. The van der Waals surface area contributed by atoms with Crippen molar-refractivity contribution in [2.75, 3.05) is 64.4 Å². The number of nitrogens with one attached hydrogen (secondary N) is 2. The van der Waals surface area contributed by atoms with Crippen molar-refractivity contribution in [3.63, 3.8) is 0 Å². The van der Waals surface area contributed by atoms with E-state index in [1.807, 2.05) is 13.0 Å². The minimum atomic E-state index is -0.0876. The fourth-order valence-corrected chi connectivity index (χ4v) is 2.74. The molecule has 1 saturated heterocycles. The number of ether oxygens (including phenoxy) is 1. The monoisotopic (exact) mass is 475 g/mol. The first-order chi connectivity index (χ1) is 12.2. The summed E-state index contributed by atoms with van der Waals surface area (Å²) in [5.41, 5.74) is 1.25. The Labute approximate surface area is 173 Å². The quantitative estimate of drug-likeness (QED) is 0.268. The number of halogens is 1. The highest BCUT2D eigenvalue weighted by Crippen LogP contribution is 2.15. The lowest BCUT2D eigenvalue weighted by molar-refractivity contribution is -0.119. The van der Waals surface area contributed by atoms with Crippen molar-refractivity contribution in [2.24, 2.45) is 4.99 Å². The summed E-state index contributed by atoms with van der Waals surface area (Å²) < 4.78 is 4.92. The molecule has 0 radical (unpaired) electrons. The molecule has 0 atom stereocenters. The Morgan fingerprint density at radius 2 is 1.85 bits per heavy atom. The van der Waals surface area contributed by atoms with Crippen LogP contribution in [0.4, 0.5) is 5.69 Å². The number of hydrogen-bond donors (Lipinski definition) is 2. The van der Waals surface area contributed by atoms with Crippen LogP contribution in [-0.2, 0) is 9.53 Å². The number of benzene rings is 1. The molecule has 1 amide bonds. The first-order valence-electron chi connectivity index (χ1n) is 8.83. The number of nitrogens with zero attached hydrogens (tertiary/aromatic N) is 3. The van der Waals surface area contributed by atoms with Crippen LogP contribution in [0.2, 0.25) is 0 Å². The molecule has 0 bridgehead atoms. The zero-order valence-electron chi connectivity index (χ0n) is 15.6. The second-order valence-corrected chi connectivity index (χ2v) is 5.82. The first kappa shape index (κ1) is 22.5. The number of methoxy groups -OCH3 is 1. The Morgan fingerprint density at radius 1 is 1.15 bits per heavy atom. The van der Waals surface area contributed by atoms with Gasteiger partial charge in [0, 0.05) is 52.1 Å². The van der Waals surface area contributed by atoms with E-state index < -0.39 is 0 Å².